The first-order chi connectivity index (χ1) is 8.42. The van der Waals surface area contributed by atoms with E-state index >= 15 is 0 Å². The Morgan fingerprint density at radius 1 is 1.00 bits per heavy atom. The van der Waals surface area contributed by atoms with Crippen molar-refractivity contribution in [2.45, 2.75) is 54.0 Å². The van der Waals surface area contributed by atoms with Crippen molar-refractivity contribution in [2.24, 2.45) is 5.41 Å². The maximum atomic E-state index is 12.0. The van der Waals surface area contributed by atoms with E-state index in [4.69, 9.17) is 0 Å². The Morgan fingerprint density at radius 3 is 1.89 bits per heavy atom. The number of carbonyl (C=O) groups excluding carboxylic acids is 2. The third-order valence-corrected chi connectivity index (χ3v) is 2.73. The zero-order chi connectivity index (χ0) is 15.3. The molecule has 0 spiro atoms. The summed E-state index contributed by atoms with van der Waals surface area (Å²) >= 11 is 0. The minimum absolute atomic E-state index is 0.0515. The second-order valence-corrected chi connectivity index (χ2v) is 7.26. The molecule has 0 amide bonds. The number of ketones is 2. The zero-order valence-corrected chi connectivity index (χ0v) is 13.6. The lowest BCUT2D eigenvalue weighted by Gasteiger charge is -2.27. The molecular weight excluding hydrogens is 240 g/mol. The van der Waals surface area contributed by atoms with E-state index in [9.17, 15) is 9.59 Å². The summed E-state index contributed by atoms with van der Waals surface area (Å²) in [7, 11) is 0. The van der Waals surface area contributed by atoms with Crippen molar-refractivity contribution >= 4 is 11.6 Å². The number of hydrogen-bond donors (Lipinski definition) is 1. The number of carbonyl (C=O) groups is 2. The van der Waals surface area contributed by atoms with E-state index in [0.717, 1.165) is 6.54 Å². The second kappa shape index (κ2) is 7.15. The summed E-state index contributed by atoms with van der Waals surface area (Å²) in [6.45, 7) is 15.8. The standard InChI is InChI=1S/C15H30N2O2/c1-12(18)10-17(9-8-16-15(5,6)7)11-13(19)14(2,3)4/h16H,8-11H2,1-7H3. The summed E-state index contributed by atoms with van der Waals surface area (Å²) in [6, 6.07) is 0. The van der Waals surface area contributed by atoms with Crippen molar-refractivity contribution in [1.82, 2.24) is 10.2 Å². The molecule has 0 saturated heterocycles. The Bertz CT molecular complexity index is 311. The van der Waals surface area contributed by atoms with E-state index < -0.39 is 0 Å². The van der Waals surface area contributed by atoms with Crippen LogP contribution in [0.25, 0.3) is 0 Å². The molecule has 0 atom stereocenters. The van der Waals surface area contributed by atoms with Crippen molar-refractivity contribution in [1.29, 1.82) is 0 Å². The summed E-state index contributed by atoms with van der Waals surface area (Å²) < 4.78 is 0. The van der Waals surface area contributed by atoms with Crippen LogP contribution in [0.3, 0.4) is 0 Å². The molecular formula is C15H30N2O2. The molecule has 0 radical (unpaired) electrons. The summed E-state index contributed by atoms with van der Waals surface area (Å²) in [4.78, 5) is 25.2. The highest BCUT2D eigenvalue weighted by Gasteiger charge is 2.24. The second-order valence-electron chi connectivity index (χ2n) is 7.26. The highest BCUT2D eigenvalue weighted by Crippen LogP contribution is 2.15. The van der Waals surface area contributed by atoms with E-state index in [1.54, 1.807) is 6.92 Å². The summed E-state index contributed by atoms with van der Waals surface area (Å²) in [5.74, 6) is 0.266. The molecule has 0 aromatic rings. The Morgan fingerprint density at radius 2 is 1.53 bits per heavy atom. The van der Waals surface area contributed by atoms with Crippen molar-refractivity contribution in [3.8, 4) is 0 Å². The normalized spacial score (nSPS) is 12.8. The first-order valence-corrected chi connectivity index (χ1v) is 6.92. The Kier molecular flexibility index (Phi) is 6.87. The van der Waals surface area contributed by atoms with Gasteiger partial charge in [-0.1, -0.05) is 20.8 Å². The van der Waals surface area contributed by atoms with E-state index in [0.29, 0.717) is 19.6 Å². The predicted molar refractivity (Wildman–Crippen MR) is 79.3 cm³/mol. The lowest BCUT2D eigenvalue weighted by molar-refractivity contribution is -0.128. The van der Waals surface area contributed by atoms with Crippen LogP contribution in [0.5, 0.6) is 0 Å². The molecule has 0 aliphatic carbocycles. The van der Waals surface area contributed by atoms with Gasteiger partial charge in [-0.25, -0.2) is 0 Å². The molecule has 0 fully saturated rings. The fourth-order valence-corrected chi connectivity index (χ4v) is 1.56. The smallest absolute Gasteiger partial charge is 0.152 e. The summed E-state index contributed by atoms with van der Waals surface area (Å²) in [5, 5.41) is 3.37. The van der Waals surface area contributed by atoms with Crippen LogP contribution in [-0.4, -0.2) is 48.2 Å². The third-order valence-electron chi connectivity index (χ3n) is 2.73. The molecule has 4 heteroatoms. The van der Waals surface area contributed by atoms with Crippen molar-refractivity contribution in [3.05, 3.63) is 0 Å². The number of hydrogen-bond acceptors (Lipinski definition) is 4. The largest absolute Gasteiger partial charge is 0.311 e. The number of Topliss-reactive ketones (excluding diaryl/α,β-unsaturated/α-hetero) is 2. The van der Waals surface area contributed by atoms with E-state index in [2.05, 4.69) is 26.1 Å². The van der Waals surface area contributed by atoms with Crippen LogP contribution in [0.15, 0.2) is 0 Å². The molecule has 0 rings (SSSR count). The molecule has 0 heterocycles. The van der Waals surface area contributed by atoms with Crippen LogP contribution >= 0.6 is 0 Å². The van der Waals surface area contributed by atoms with Gasteiger partial charge in [-0.05, 0) is 27.7 Å². The molecule has 0 aromatic carbocycles. The van der Waals surface area contributed by atoms with Gasteiger partial charge in [0, 0.05) is 24.0 Å². The maximum Gasteiger partial charge on any atom is 0.152 e. The number of nitrogens with zero attached hydrogens (tertiary/aromatic N) is 1. The fraction of sp³-hybridized carbons (Fsp3) is 0.867. The minimum atomic E-state index is -0.355. The highest BCUT2D eigenvalue weighted by atomic mass is 16.1. The van der Waals surface area contributed by atoms with Crippen LogP contribution in [0.2, 0.25) is 0 Å². The average Bonchev–Trinajstić information content (AvgIpc) is 2.12. The SMILES string of the molecule is CC(=O)CN(CCNC(C)(C)C)CC(=O)C(C)(C)C. The van der Waals surface area contributed by atoms with Gasteiger partial charge in [0.05, 0.1) is 13.1 Å². The van der Waals surface area contributed by atoms with Crippen LogP contribution in [0, 0.1) is 5.41 Å². The molecule has 1 N–H and O–H groups in total. The lowest BCUT2D eigenvalue weighted by Crippen LogP contribution is -2.45. The van der Waals surface area contributed by atoms with Gasteiger partial charge in [0.2, 0.25) is 0 Å². The van der Waals surface area contributed by atoms with Gasteiger partial charge in [-0.3, -0.25) is 14.5 Å². The van der Waals surface area contributed by atoms with Gasteiger partial charge >= 0.3 is 0 Å². The minimum Gasteiger partial charge on any atom is -0.311 e. The van der Waals surface area contributed by atoms with Crippen LogP contribution in [-0.2, 0) is 9.59 Å². The van der Waals surface area contributed by atoms with Crippen molar-refractivity contribution in [2.75, 3.05) is 26.2 Å². The molecule has 0 bridgehead atoms. The Hall–Kier alpha value is -0.740. The van der Waals surface area contributed by atoms with Gasteiger partial charge in [0.1, 0.15) is 5.78 Å². The predicted octanol–water partition coefficient (Wildman–Crippen LogP) is 1.88. The lowest BCUT2D eigenvalue weighted by atomic mass is 9.90. The first-order valence-electron chi connectivity index (χ1n) is 6.92. The molecule has 0 saturated carbocycles. The van der Waals surface area contributed by atoms with E-state index in [1.807, 2.05) is 25.7 Å². The van der Waals surface area contributed by atoms with E-state index in [1.165, 1.54) is 0 Å². The Labute approximate surface area is 117 Å². The number of rotatable bonds is 7. The summed E-state index contributed by atoms with van der Waals surface area (Å²) in [5.41, 5.74) is -0.303. The first kappa shape index (κ1) is 18.3. The van der Waals surface area contributed by atoms with Gasteiger partial charge < -0.3 is 5.32 Å². The zero-order valence-electron chi connectivity index (χ0n) is 13.6. The van der Waals surface area contributed by atoms with Gasteiger partial charge in [-0.2, -0.15) is 0 Å². The molecule has 0 aliphatic rings. The maximum absolute atomic E-state index is 12.0. The van der Waals surface area contributed by atoms with Crippen molar-refractivity contribution in [3.63, 3.8) is 0 Å². The van der Waals surface area contributed by atoms with Crippen LogP contribution in [0.1, 0.15) is 48.5 Å². The molecule has 112 valence electrons. The molecule has 19 heavy (non-hydrogen) atoms. The topological polar surface area (TPSA) is 49.4 Å². The van der Waals surface area contributed by atoms with Crippen LogP contribution < -0.4 is 5.32 Å². The Balaban J connectivity index is 4.40. The van der Waals surface area contributed by atoms with E-state index in [-0.39, 0.29) is 22.5 Å². The quantitative estimate of drug-likeness (QED) is 0.767. The van der Waals surface area contributed by atoms with Gasteiger partial charge in [0.25, 0.3) is 0 Å². The third kappa shape index (κ3) is 9.79. The van der Waals surface area contributed by atoms with Crippen molar-refractivity contribution < 1.29 is 9.59 Å². The molecule has 4 nitrogen and oxygen atoms in total. The highest BCUT2D eigenvalue weighted by molar-refractivity contribution is 5.86. The van der Waals surface area contributed by atoms with Crippen LogP contribution in [0.4, 0.5) is 0 Å². The summed E-state index contributed by atoms with van der Waals surface area (Å²) in [6.07, 6.45) is 0. The van der Waals surface area contributed by atoms with Gasteiger partial charge in [-0.15, -0.1) is 0 Å². The molecule has 0 aromatic heterocycles. The van der Waals surface area contributed by atoms with Gasteiger partial charge in [0.15, 0.2) is 5.78 Å². The average molecular weight is 270 g/mol. The molecule has 0 unspecified atom stereocenters. The molecule has 0 aliphatic heterocycles. The number of nitrogens with one attached hydrogen (secondary N) is 1. The fourth-order valence-electron chi connectivity index (χ4n) is 1.56. The monoisotopic (exact) mass is 270 g/mol.